The summed E-state index contributed by atoms with van der Waals surface area (Å²) in [6.07, 6.45) is 3.23. The highest BCUT2D eigenvalue weighted by Crippen LogP contribution is 2.22. The van der Waals surface area contributed by atoms with Gasteiger partial charge in [0.05, 0.1) is 0 Å². The number of ketones is 1. The first-order chi connectivity index (χ1) is 5.09. The molecule has 0 heterocycles. The molecule has 0 saturated carbocycles. The number of halogens is 1. The second-order valence-electron chi connectivity index (χ2n) is 2.75. The van der Waals surface area contributed by atoms with Crippen molar-refractivity contribution in [2.24, 2.45) is 5.92 Å². The predicted octanol–water partition coefficient (Wildman–Crippen LogP) is 3.33. The fraction of sp³-hybridized carbons (Fsp3) is 0.667. The predicted molar refractivity (Wildman–Crippen MR) is 56.9 cm³/mol. The first-order valence-corrected chi connectivity index (χ1v) is 5.02. The number of hydrogen-bond donors (Lipinski definition) is 0. The Bertz CT molecular complexity index is 138. The number of hydrogen-bond acceptors (Lipinski definition) is 1. The zero-order valence-electron chi connectivity index (χ0n) is 7.19. The highest BCUT2D eigenvalue weighted by Gasteiger charge is 2.14. The van der Waals surface area contributed by atoms with Crippen LogP contribution >= 0.6 is 22.6 Å². The average molecular weight is 266 g/mol. The molecule has 0 aliphatic heterocycles. The first kappa shape index (κ1) is 11.1. The van der Waals surface area contributed by atoms with Crippen molar-refractivity contribution in [1.29, 1.82) is 0 Å². The lowest BCUT2D eigenvalue weighted by atomic mass is 9.99. The smallest absolute Gasteiger partial charge is 0.137 e. The topological polar surface area (TPSA) is 17.1 Å². The molecule has 0 aromatic carbocycles. The van der Waals surface area contributed by atoms with E-state index in [4.69, 9.17) is 0 Å². The monoisotopic (exact) mass is 266 g/mol. The molecule has 1 atom stereocenters. The van der Waals surface area contributed by atoms with Gasteiger partial charge in [-0.3, -0.25) is 4.79 Å². The maximum Gasteiger partial charge on any atom is 0.137 e. The lowest BCUT2D eigenvalue weighted by Crippen LogP contribution is -2.09. The van der Waals surface area contributed by atoms with Gasteiger partial charge in [-0.1, -0.05) is 26.3 Å². The van der Waals surface area contributed by atoms with E-state index < -0.39 is 0 Å². The van der Waals surface area contributed by atoms with Gasteiger partial charge in [0.2, 0.25) is 0 Å². The van der Waals surface area contributed by atoms with Crippen LogP contribution in [0.25, 0.3) is 0 Å². The Hall–Kier alpha value is 0.140. The second-order valence-corrected chi connectivity index (χ2v) is 4.14. The van der Waals surface area contributed by atoms with Crippen LogP contribution in [0.3, 0.4) is 0 Å². The van der Waals surface area contributed by atoms with Crippen LogP contribution in [0.2, 0.25) is 0 Å². The summed E-state index contributed by atoms with van der Waals surface area (Å²) >= 11 is 2.14. The van der Waals surface area contributed by atoms with Crippen LogP contribution in [-0.2, 0) is 4.79 Å². The van der Waals surface area contributed by atoms with E-state index in [1.165, 1.54) is 0 Å². The molecule has 1 unspecified atom stereocenters. The summed E-state index contributed by atoms with van der Waals surface area (Å²) < 4.78 is 0.976. The quantitative estimate of drug-likeness (QED) is 0.697. The van der Waals surface area contributed by atoms with Gasteiger partial charge in [-0.25, -0.2) is 0 Å². The summed E-state index contributed by atoms with van der Waals surface area (Å²) in [5.41, 5.74) is 0. The van der Waals surface area contributed by atoms with Crippen LogP contribution in [0.5, 0.6) is 0 Å². The third-order valence-corrected chi connectivity index (χ3v) is 2.47. The van der Waals surface area contributed by atoms with E-state index >= 15 is 0 Å². The normalized spacial score (nSPS) is 12.6. The van der Waals surface area contributed by atoms with Gasteiger partial charge in [0.15, 0.2) is 0 Å². The molecule has 0 N–H and O–H groups in total. The number of carbonyl (C=O) groups excluding carboxylic acids is 1. The largest absolute Gasteiger partial charge is 0.299 e. The highest BCUT2D eigenvalue weighted by molar-refractivity contribution is 14.1. The Labute approximate surface area is 82.4 Å². The summed E-state index contributed by atoms with van der Waals surface area (Å²) in [6.45, 7) is 7.57. The van der Waals surface area contributed by atoms with E-state index in [2.05, 4.69) is 36.1 Å². The lowest BCUT2D eigenvalue weighted by molar-refractivity contribution is -0.119. The van der Waals surface area contributed by atoms with Crippen molar-refractivity contribution >= 4 is 28.4 Å². The lowest BCUT2D eigenvalue weighted by Gasteiger charge is -2.10. The molecule has 0 aromatic rings. The standard InChI is InChI=1S/C9H15IO/c1-4-5-6-9(7(2)10)8(3)11/h9H,2,4-6H2,1,3H3. The Balaban J connectivity index is 3.90. The van der Waals surface area contributed by atoms with Crippen molar-refractivity contribution in [2.45, 2.75) is 33.1 Å². The number of rotatable bonds is 5. The van der Waals surface area contributed by atoms with Gasteiger partial charge >= 0.3 is 0 Å². The van der Waals surface area contributed by atoms with Crippen molar-refractivity contribution in [3.8, 4) is 0 Å². The third-order valence-electron chi connectivity index (χ3n) is 1.72. The van der Waals surface area contributed by atoms with E-state index in [-0.39, 0.29) is 11.7 Å². The van der Waals surface area contributed by atoms with Gasteiger partial charge in [0, 0.05) is 5.92 Å². The van der Waals surface area contributed by atoms with Gasteiger partial charge in [-0.15, -0.1) is 0 Å². The summed E-state index contributed by atoms with van der Waals surface area (Å²) in [5, 5.41) is 0. The van der Waals surface area contributed by atoms with Crippen LogP contribution < -0.4 is 0 Å². The van der Waals surface area contributed by atoms with Crippen LogP contribution in [0.15, 0.2) is 10.2 Å². The molecule has 0 aliphatic carbocycles. The number of allylic oxidation sites excluding steroid dienone is 1. The zero-order chi connectivity index (χ0) is 8.85. The van der Waals surface area contributed by atoms with E-state index in [1.54, 1.807) is 6.92 Å². The number of carbonyl (C=O) groups is 1. The molecule has 64 valence electrons. The Morgan fingerprint density at radius 3 is 2.45 bits per heavy atom. The molecule has 0 rings (SSSR count). The van der Waals surface area contributed by atoms with E-state index in [1.807, 2.05) is 0 Å². The van der Waals surface area contributed by atoms with E-state index in [9.17, 15) is 4.79 Å². The van der Waals surface area contributed by atoms with E-state index in [0.29, 0.717) is 0 Å². The van der Waals surface area contributed by atoms with Gasteiger partial charge in [0.1, 0.15) is 5.78 Å². The summed E-state index contributed by atoms with van der Waals surface area (Å²) in [7, 11) is 0. The minimum atomic E-state index is 0.0931. The van der Waals surface area contributed by atoms with Crippen molar-refractivity contribution in [3.63, 3.8) is 0 Å². The van der Waals surface area contributed by atoms with Gasteiger partial charge < -0.3 is 0 Å². The van der Waals surface area contributed by atoms with Gasteiger partial charge in [-0.2, -0.15) is 0 Å². The Morgan fingerprint density at radius 1 is 1.64 bits per heavy atom. The molecule has 2 heteroatoms. The number of Topliss-reactive ketones (excluding diaryl/α,β-unsaturated/α-hetero) is 1. The minimum absolute atomic E-state index is 0.0931. The van der Waals surface area contributed by atoms with Crippen LogP contribution in [-0.4, -0.2) is 5.78 Å². The molecule has 0 saturated heterocycles. The van der Waals surface area contributed by atoms with Crippen LogP contribution in [0, 0.1) is 5.92 Å². The van der Waals surface area contributed by atoms with Gasteiger partial charge in [-0.05, 0) is 39.5 Å². The molecule has 0 aliphatic rings. The van der Waals surface area contributed by atoms with Crippen molar-refractivity contribution in [1.82, 2.24) is 0 Å². The number of unbranched alkanes of at least 4 members (excludes halogenated alkanes) is 1. The second kappa shape index (κ2) is 5.75. The molecule has 11 heavy (non-hydrogen) atoms. The first-order valence-electron chi connectivity index (χ1n) is 3.94. The van der Waals surface area contributed by atoms with Crippen LogP contribution in [0.1, 0.15) is 33.1 Å². The molecule has 0 fully saturated rings. The molecule has 0 aromatic heterocycles. The molecule has 1 nitrogen and oxygen atoms in total. The fourth-order valence-electron chi connectivity index (χ4n) is 0.989. The van der Waals surface area contributed by atoms with Crippen LogP contribution in [0.4, 0.5) is 0 Å². The average Bonchev–Trinajstić information content (AvgIpc) is 1.87. The molecule has 0 radical (unpaired) electrons. The Kier molecular flexibility index (Phi) is 5.82. The summed E-state index contributed by atoms with van der Waals surface area (Å²) in [5.74, 6) is 0.341. The summed E-state index contributed by atoms with van der Waals surface area (Å²) in [4.78, 5) is 11.0. The molecular formula is C9H15IO. The van der Waals surface area contributed by atoms with Crippen molar-refractivity contribution < 1.29 is 4.79 Å². The molecule has 0 amide bonds. The maximum atomic E-state index is 11.0. The molecule has 0 spiro atoms. The van der Waals surface area contributed by atoms with Crippen molar-refractivity contribution in [3.05, 3.63) is 10.2 Å². The maximum absolute atomic E-state index is 11.0. The van der Waals surface area contributed by atoms with Gasteiger partial charge in [0.25, 0.3) is 0 Å². The van der Waals surface area contributed by atoms with E-state index in [0.717, 1.165) is 22.8 Å². The summed E-state index contributed by atoms with van der Waals surface area (Å²) in [6, 6.07) is 0. The minimum Gasteiger partial charge on any atom is -0.299 e. The molecule has 0 bridgehead atoms. The zero-order valence-corrected chi connectivity index (χ0v) is 9.35. The SMILES string of the molecule is C=C(I)C(CCCC)C(C)=O. The van der Waals surface area contributed by atoms with Crippen molar-refractivity contribution in [2.75, 3.05) is 0 Å². The molecular weight excluding hydrogens is 251 g/mol. The third kappa shape index (κ3) is 4.56. The highest BCUT2D eigenvalue weighted by atomic mass is 127. The Morgan fingerprint density at radius 2 is 2.18 bits per heavy atom. The fourth-order valence-corrected chi connectivity index (χ4v) is 1.74.